The van der Waals surface area contributed by atoms with Gasteiger partial charge in [0, 0.05) is 27.2 Å². The Labute approximate surface area is 133 Å². The summed E-state index contributed by atoms with van der Waals surface area (Å²) in [5.74, 6) is 2.28. The van der Waals surface area contributed by atoms with Gasteiger partial charge in [-0.05, 0) is 33.6 Å². The highest BCUT2D eigenvalue weighted by Crippen LogP contribution is 2.38. The minimum atomic E-state index is 0.580. The Morgan fingerprint density at radius 2 is 2.14 bits per heavy atom. The van der Waals surface area contributed by atoms with Crippen LogP contribution in [0.3, 0.4) is 0 Å². The van der Waals surface area contributed by atoms with Gasteiger partial charge in [0.15, 0.2) is 17.5 Å². The number of aliphatic imine (C=N–C) groups is 1. The van der Waals surface area contributed by atoms with E-state index < -0.39 is 0 Å². The van der Waals surface area contributed by atoms with Crippen molar-refractivity contribution in [3.8, 4) is 11.5 Å². The number of rotatable bonds is 5. The number of ether oxygens (including phenoxy) is 3. The first kappa shape index (κ1) is 15.9. The van der Waals surface area contributed by atoms with Crippen molar-refractivity contribution in [1.29, 1.82) is 0 Å². The van der Waals surface area contributed by atoms with Gasteiger partial charge in [-0.15, -0.1) is 0 Å². The molecule has 2 rings (SSSR count). The molecule has 0 saturated heterocycles. The molecule has 0 aromatic heterocycles. The molecule has 0 saturated carbocycles. The average Bonchev–Trinajstić information content (AvgIpc) is 2.51. The van der Waals surface area contributed by atoms with E-state index in [0.717, 1.165) is 27.5 Å². The second-order valence-corrected chi connectivity index (χ2v) is 5.30. The molecule has 6 nitrogen and oxygen atoms in total. The summed E-state index contributed by atoms with van der Waals surface area (Å²) in [5, 5.41) is 6.41. The van der Waals surface area contributed by atoms with Gasteiger partial charge in [0.25, 0.3) is 0 Å². The fourth-order valence-electron chi connectivity index (χ4n) is 1.94. The SMILES string of the molecule is CN=C(NCCOC)NCc1cc(Br)c2c(c1)OCCO2. The lowest BCUT2D eigenvalue weighted by Crippen LogP contribution is -2.38. The van der Waals surface area contributed by atoms with Crippen molar-refractivity contribution >= 4 is 21.9 Å². The van der Waals surface area contributed by atoms with E-state index in [2.05, 4.69) is 31.6 Å². The summed E-state index contributed by atoms with van der Waals surface area (Å²) < 4.78 is 17.1. The third-order valence-corrected chi connectivity index (χ3v) is 3.53. The predicted molar refractivity (Wildman–Crippen MR) is 85.2 cm³/mol. The number of hydrogen-bond donors (Lipinski definition) is 2. The van der Waals surface area contributed by atoms with Crippen molar-refractivity contribution in [2.45, 2.75) is 6.54 Å². The van der Waals surface area contributed by atoms with Crippen LogP contribution < -0.4 is 20.1 Å². The Balaban J connectivity index is 1.95. The molecule has 0 radical (unpaired) electrons. The monoisotopic (exact) mass is 357 g/mol. The molecule has 0 amide bonds. The van der Waals surface area contributed by atoms with Crippen molar-refractivity contribution in [2.75, 3.05) is 40.5 Å². The smallest absolute Gasteiger partial charge is 0.191 e. The molecule has 7 heteroatoms. The van der Waals surface area contributed by atoms with Gasteiger partial charge >= 0.3 is 0 Å². The summed E-state index contributed by atoms with van der Waals surface area (Å²) in [6, 6.07) is 4.00. The molecule has 1 heterocycles. The van der Waals surface area contributed by atoms with Crippen LogP contribution in [0.15, 0.2) is 21.6 Å². The van der Waals surface area contributed by atoms with Crippen LogP contribution in [0.1, 0.15) is 5.56 Å². The number of fused-ring (bicyclic) bond motifs is 1. The average molecular weight is 358 g/mol. The van der Waals surface area contributed by atoms with E-state index in [9.17, 15) is 0 Å². The van der Waals surface area contributed by atoms with Gasteiger partial charge in [-0.25, -0.2) is 0 Å². The highest BCUT2D eigenvalue weighted by atomic mass is 79.9. The number of benzene rings is 1. The minimum absolute atomic E-state index is 0.580. The number of halogens is 1. The molecule has 1 aliphatic rings. The summed E-state index contributed by atoms with van der Waals surface area (Å²) in [4.78, 5) is 4.16. The quantitative estimate of drug-likeness (QED) is 0.475. The van der Waals surface area contributed by atoms with Crippen LogP contribution in [0.5, 0.6) is 11.5 Å². The number of nitrogens with zero attached hydrogens (tertiary/aromatic N) is 1. The number of guanidine groups is 1. The second kappa shape index (κ2) is 8.09. The fourth-order valence-corrected chi connectivity index (χ4v) is 2.55. The Morgan fingerprint density at radius 3 is 2.90 bits per heavy atom. The zero-order valence-electron chi connectivity index (χ0n) is 12.2. The standard InChI is InChI=1S/C14H20BrN3O3/c1-16-14(17-3-4-19-2)18-9-10-7-11(15)13-12(8-10)20-5-6-21-13/h7-8H,3-6,9H2,1-2H3,(H2,16,17,18). The van der Waals surface area contributed by atoms with Gasteiger partial charge < -0.3 is 24.8 Å². The molecule has 116 valence electrons. The fraction of sp³-hybridized carbons (Fsp3) is 0.500. The zero-order valence-corrected chi connectivity index (χ0v) is 13.8. The van der Waals surface area contributed by atoms with Crippen molar-refractivity contribution in [1.82, 2.24) is 10.6 Å². The van der Waals surface area contributed by atoms with E-state index in [4.69, 9.17) is 14.2 Å². The predicted octanol–water partition coefficient (Wildman–Crippen LogP) is 1.53. The molecular formula is C14H20BrN3O3. The normalized spacial score (nSPS) is 14.0. The largest absolute Gasteiger partial charge is 0.486 e. The van der Waals surface area contributed by atoms with E-state index in [0.29, 0.717) is 32.9 Å². The maximum Gasteiger partial charge on any atom is 0.191 e. The molecule has 0 spiro atoms. The van der Waals surface area contributed by atoms with Crippen LogP contribution in [0.2, 0.25) is 0 Å². The highest BCUT2D eigenvalue weighted by Gasteiger charge is 2.16. The number of nitrogens with one attached hydrogen (secondary N) is 2. The lowest BCUT2D eigenvalue weighted by molar-refractivity contribution is 0.170. The summed E-state index contributed by atoms with van der Waals surface area (Å²) in [6.45, 7) is 3.15. The Bertz CT molecular complexity index is 508. The molecule has 0 fully saturated rings. The van der Waals surface area contributed by atoms with Gasteiger partial charge in [0.05, 0.1) is 11.1 Å². The third kappa shape index (κ3) is 4.50. The molecule has 2 N–H and O–H groups in total. The summed E-state index contributed by atoms with van der Waals surface area (Å²) in [6.07, 6.45) is 0. The summed E-state index contributed by atoms with van der Waals surface area (Å²) in [5.41, 5.74) is 1.08. The lowest BCUT2D eigenvalue weighted by Gasteiger charge is -2.20. The third-order valence-electron chi connectivity index (χ3n) is 2.94. The Kier molecular flexibility index (Phi) is 6.13. The molecule has 1 aromatic rings. The first-order valence-electron chi connectivity index (χ1n) is 6.76. The van der Waals surface area contributed by atoms with Gasteiger partial charge in [-0.3, -0.25) is 4.99 Å². The van der Waals surface area contributed by atoms with Crippen LogP contribution in [0, 0.1) is 0 Å². The topological polar surface area (TPSA) is 64.1 Å². The molecule has 0 unspecified atom stereocenters. The van der Waals surface area contributed by atoms with Crippen molar-refractivity contribution in [3.63, 3.8) is 0 Å². The number of hydrogen-bond acceptors (Lipinski definition) is 4. The molecular weight excluding hydrogens is 338 g/mol. The molecule has 0 aliphatic carbocycles. The number of methoxy groups -OCH3 is 1. The van der Waals surface area contributed by atoms with Crippen molar-refractivity contribution in [3.05, 3.63) is 22.2 Å². The molecule has 1 aliphatic heterocycles. The minimum Gasteiger partial charge on any atom is -0.486 e. The summed E-state index contributed by atoms with van der Waals surface area (Å²) >= 11 is 3.51. The van der Waals surface area contributed by atoms with Crippen LogP contribution in [-0.4, -0.2) is 46.5 Å². The highest BCUT2D eigenvalue weighted by molar-refractivity contribution is 9.10. The lowest BCUT2D eigenvalue weighted by atomic mass is 10.2. The van der Waals surface area contributed by atoms with E-state index in [1.165, 1.54) is 0 Å². The maximum atomic E-state index is 5.61. The summed E-state index contributed by atoms with van der Waals surface area (Å²) in [7, 11) is 3.41. The first-order chi connectivity index (χ1) is 10.2. The Hall–Kier alpha value is -1.47. The molecule has 1 aromatic carbocycles. The van der Waals surface area contributed by atoms with Gasteiger partial charge in [0.2, 0.25) is 0 Å². The van der Waals surface area contributed by atoms with E-state index in [1.54, 1.807) is 14.2 Å². The second-order valence-electron chi connectivity index (χ2n) is 4.45. The van der Waals surface area contributed by atoms with Crippen LogP contribution in [0.4, 0.5) is 0 Å². The van der Waals surface area contributed by atoms with Crippen LogP contribution >= 0.6 is 15.9 Å². The first-order valence-corrected chi connectivity index (χ1v) is 7.55. The van der Waals surface area contributed by atoms with Crippen LogP contribution in [0.25, 0.3) is 0 Å². The molecule has 0 atom stereocenters. The van der Waals surface area contributed by atoms with E-state index >= 15 is 0 Å². The van der Waals surface area contributed by atoms with Crippen molar-refractivity contribution in [2.24, 2.45) is 4.99 Å². The van der Waals surface area contributed by atoms with E-state index in [-0.39, 0.29) is 0 Å². The van der Waals surface area contributed by atoms with E-state index in [1.807, 2.05) is 12.1 Å². The molecule has 21 heavy (non-hydrogen) atoms. The van der Waals surface area contributed by atoms with Gasteiger partial charge in [-0.2, -0.15) is 0 Å². The van der Waals surface area contributed by atoms with Gasteiger partial charge in [-0.1, -0.05) is 0 Å². The van der Waals surface area contributed by atoms with Crippen LogP contribution in [-0.2, 0) is 11.3 Å². The molecule has 0 bridgehead atoms. The van der Waals surface area contributed by atoms with Gasteiger partial charge in [0.1, 0.15) is 13.2 Å². The van der Waals surface area contributed by atoms with Crippen molar-refractivity contribution < 1.29 is 14.2 Å². The zero-order chi connectivity index (χ0) is 15.1. The Morgan fingerprint density at radius 1 is 1.33 bits per heavy atom. The maximum absolute atomic E-state index is 5.61.